The number of carboxylic acids is 2. The largest absolute Gasteiger partial charge is 0.478 e. The fourth-order valence-electron chi connectivity index (χ4n) is 2.47. The van der Waals surface area contributed by atoms with E-state index in [1.807, 2.05) is 0 Å². The molecule has 1 rings (SSSR count). The molecule has 2 N–H and O–H groups in total. The van der Waals surface area contributed by atoms with Crippen molar-refractivity contribution in [2.75, 3.05) is 0 Å². The van der Waals surface area contributed by atoms with E-state index in [4.69, 9.17) is 10.2 Å². The third-order valence-corrected chi connectivity index (χ3v) is 3.88. The number of rotatable bonds is 10. The van der Waals surface area contributed by atoms with E-state index >= 15 is 0 Å². The second-order valence-corrected chi connectivity index (χ2v) is 5.90. The fourth-order valence-corrected chi connectivity index (χ4v) is 2.47. The first-order chi connectivity index (χ1) is 11.6. The Morgan fingerprint density at radius 2 is 1.54 bits per heavy atom. The van der Waals surface area contributed by atoms with Gasteiger partial charge in [0.25, 0.3) is 0 Å². The van der Waals surface area contributed by atoms with Crippen LogP contribution in [0.1, 0.15) is 91.0 Å². The summed E-state index contributed by atoms with van der Waals surface area (Å²) in [6.45, 7) is 2.21. The van der Waals surface area contributed by atoms with E-state index in [0.29, 0.717) is 6.42 Å². The van der Waals surface area contributed by atoms with Gasteiger partial charge >= 0.3 is 11.9 Å². The van der Waals surface area contributed by atoms with Gasteiger partial charge in [-0.3, -0.25) is 0 Å². The number of aromatic carboxylic acids is 2. The van der Waals surface area contributed by atoms with Gasteiger partial charge in [0.05, 0.1) is 11.1 Å². The summed E-state index contributed by atoms with van der Waals surface area (Å²) < 4.78 is 0. The summed E-state index contributed by atoms with van der Waals surface area (Å²) >= 11 is 0. The summed E-state index contributed by atoms with van der Waals surface area (Å²) in [5.41, 5.74) is 0.363. The van der Waals surface area contributed by atoms with Crippen molar-refractivity contribution in [2.24, 2.45) is 0 Å². The quantitative estimate of drug-likeness (QED) is 0.469. The minimum atomic E-state index is -1.09. The van der Waals surface area contributed by atoms with Crippen molar-refractivity contribution in [3.8, 4) is 11.8 Å². The molecule has 0 aliphatic carbocycles. The van der Waals surface area contributed by atoms with Crippen molar-refractivity contribution >= 4 is 11.9 Å². The molecule has 1 aromatic rings. The molecule has 0 heterocycles. The fraction of sp³-hybridized carbons (Fsp3) is 0.500. The van der Waals surface area contributed by atoms with Crippen molar-refractivity contribution in [1.82, 2.24) is 0 Å². The van der Waals surface area contributed by atoms with Gasteiger partial charge in [0.1, 0.15) is 0 Å². The van der Waals surface area contributed by atoms with Gasteiger partial charge in [0, 0.05) is 12.0 Å². The van der Waals surface area contributed by atoms with Gasteiger partial charge in [0.2, 0.25) is 0 Å². The summed E-state index contributed by atoms with van der Waals surface area (Å²) in [5.74, 6) is 3.60. The topological polar surface area (TPSA) is 74.6 Å². The van der Waals surface area contributed by atoms with Crippen molar-refractivity contribution in [3.63, 3.8) is 0 Å². The lowest BCUT2D eigenvalue weighted by molar-refractivity contribution is 0.0681. The molecular weight excluding hydrogens is 304 g/mol. The van der Waals surface area contributed by atoms with Crippen LogP contribution in [0.5, 0.6) is 0 Å². The van der Waals surface area contributed by atoms with Gasteiger partial charge in [-0.25, -0.2) is 9.59 Å². The third kappa shape index (κ3) is 7.32. The van der Waals surface area contributed by atoms with Crippen LogP contribution in [-0.4, -0.2) is 22.2 Å². The lowest BCUT2D eigenvalue weighted by Crippen LogP contribution is -2.03. The maximum Gasteiger partial charge on any atom is 0.336 e. The van der Waals surface area contributed by atoms with Crippen molar-refractivity contribution in [3.05, 3.63) is 34.9 Å². The number of hydrogen-bond donors (Lipinski definition) is 2. The SMILES string of the molecule is CCCCCCCCCCC#Cc1cc(C(=O)O)ccc1C(=O)O. The van der Waals surface area contributed by atoms with Crippen molar-refractivity contribution in [1.29, 1.82) is 0 Å². The van der Waals surface area contributed by atoms with E-state index in [-0.39, 0.29) is 16.7 Å². The Labute approximate surface area is 143 Å². The van der Waals surface area contributed by atoms with E-state index in [0.717, 1.165) is 12.8 Å². The predicted octanol–water partition coefficient (Wildman–Crippen LogP) is 4.97. The second kappa shape index (κ2) is 11.3. The van der Waals surface area contributed by atoms with Crippen LogP contribution >= 0.6 is 0 Å². The number of benzene rings is 1. The highest BCUT2D eigenvalue weighted by atomic mass is 16.4. The summed E-state index contributed by atoms with van der Waals surface area (Å²) in [6.07, 6.45) is 10.5. The average Bonchev–Trinajstić information content (AvgIpc) is 2.56. The van der Waals surface area contributed by atoms with Crippen LogP contribution in [0.3, 0.4) is 0 Å². The van der Waals surface area contributed by atoms with Crippen LogP contribution in [0.4, 0.5) is 0 Å². The Balaban J connectivity index is 2.46. The van der Waals surface area contributed by atoms with Gasteiger partial charge in [-0.1, -0.05) is 63.7 Å². The Morgan fingerprint density at radius 1 is 0.917 bits per heavy atom. The maximum atomic E-state index is 11.2. The zero-order chi connectivity index (χ0) is 17.8. The van der Waals surface area contributed by atoms with E-state index < -0.39 is 11.9 Å². The standard InChI is InChI=1S/C20H26O4/c1-2-3-4-5-6-7-8-9-10-11-12-16-15-17(19(21)22)13-14-18(16)20(23)24/h13-15H,2-10H2,1H3,(H,21,22)(H,23,24). The summed E-state index contributed by atoms with van der Waals surface area (Å²) in [7, 11) is 0. The highest BCUT2D eigenvalue weighted by Gasteiger charge is 2.11. The molecule has 0 saturated heterocycles. The molecule has 0 saturated carbocycles. The third-order valence-electron chi connectivity index (χ3n) is 3.88. The summed E-state index contributed by atoms with van der Waals surface area (Å²) in [6, 6.07) is 3.91. The molecule has 0 spiro atoms. The summed E-state index contributed by atoms with van der Waals surface area (Å²) in [5, 5.41) is 18.1. The lowest BCUT2D eigenvalue weighted by Gasteiger charge is -2.01. The number of hydrogen-bond acceptors (Lipinski definition) is 2. The normalized spacial score (nSPS) is 10.0. The molecule has 0 aliphatic heterocycles. The van der Waals surface area contributed by atoms with Crippen LogP contribution in [0.2, 0.25) is 0 Å². The first-order valence-electron chi connectivity index (χ1n) is 8.65. The second-order valence-electron chi connectivity index (χ2n) is 5.90. The lowest BCUT2D eigenvalue weighted by atomic mass is 10.0. The molecule has 130 valence electrons. The molecule has 24 heavy (non-hydrogen) atoms. The van der Waals surface area contributed by atoms with Gasteiger partial charge in [-0.05, 0) is 24.6 Å². The molecule has 0 bridgehead atoms. The molecule has 0 unspecified atom stereocenters. The smallest absolute Gasteiger partial charge is 0.336 e. The molecule has 4 nitrogen and oxygen atoms in total. The zero-order valence-electron chi connectivity index (χ0n) is 14.3. The van der Waals surface area contributed by atoms with Crippen molar-refractivity contribution in [2.45, 2.75) is 64.7 Å². The van der Waals surface area contributed by atoms with Gasteiger partial charge in [-0.2, -0.15) is 0 Å². The van der Waals surface area contributed by atoms with Crippen LogP contribution in [-0.2, 0) is 0 Å². The minimum Gasteiger partial charge on any atom is -0.478 e. The minimum absolute atomic E-state index is 0.0448. The maximum absolute atomic E-state index is 11.2. The molecule has 0 amide bonds. The first-order valence-corrected chi connectivity index (χ1v) is 8.65. The number of carbonyl (C=O) groups is 2. The molecule has 0 aromatic heterocycles. The Bertz CT molecular complexity index is 608. The average molecular weight is 330 g/mol. The molecular formula is C20H26O4. The van der Waals surface area contributed by atoms with Gasteiger partial charge in [-0.15, -0.1) is 0 Å². The Morgan fingerprint density at radius 3 is 2.12 bits per heavy atom. The van der Waals surface area contributed by atoms with Crippen LogP contribution < -0.4 is 0 Å². The van der Waals surface area contributed by atoms with E-state index in [9.17, 15) is 9.59 Å². The predicted molar refractivity (Wildman–Crippen MR) is 94.5 cm³/mol. The Kier molecular flexibility index (Phi) is 9.29. The highest BCUT2D eigenvalue weighted by molar-refractivity contribution is 5.94. The zero-order valence-corrected chi connectivity index (χ0v) is 14.3. The van der Waals surface area contributed by atoms with Crippen LogP contribution in [0.15, 0.2) is 18.2 Å². The van der Waals surface area contributed by atoms with Crippen LogP contribution in [0, 0.1) is 11.8 Å². The monoisotopic (exact) mass is 330 g/mol. The Hall–Kier alpha value is -2.28. The van der Waals surface area contributed by atoms with Crippen molar-refractivity contribution < 1.29 is 19.8 Å². The van der Waals surface area contributed by atoms with Gasteiger partial charge < -0.3 is 10.2 Å². The van der Waals surface area contributed by atoms with E-state index in [1.54, 1.807) is 0 Å². The molecule has 0 atom stereocenters. The first kappa shape index (κ1) is 19.8. The molecule has 0 fully saturated rings. The number of unbranched alkanes of at least 4 members (excludes halogenated alkanes) is 8. The van der Waals surface area contributed by atoms with E-state index in [1.165, 1.54) is 56.7 Å². The number of carboxylic acid groups (broad SMARTS) is 2. The molecule has 0 aliphatic rings. The highest BCUT2D eigenvalue weighted by Crippen LogP contribution is 2.12. The van der Waals surface area contributed by atoms with Crippen LogP contribution in [0.25, 0.3) is 0 Å². The van der Waals surface area contributed by atoms with Gasteiger partial charge in [0.15, 0.2) is 0 Å². The molecule has 4 heteroatoms. The molecule has 1 aromatic carbocycles. The summed E-state index contributed by atoms with van der Waals surface area (Å²) in [4.78, 5) is 22.2. The van der Waals surface area contributed by atoms with E-state index in [2.05, 4.69) is 18.8 Å². The molecule has 0 radical (unpaired) electrons.